The second-order valence-corrected chi connectivity index (χ2v) is 7.79. The minimum Gasteiger partial charge on any atom is -0.379 e. The van der Waals surface area contributed by atoms with Gasteiger partial charge in [-0.2, -0.15) is 5.10 Å². The molecule has 0 saturated carbocycles. The van der Waals surface area contributed by atoms with Crippen molar-refractivity contribution in [2.45, 2.75) is 18.9 Å². The largest absolute Gasteiger partial charge is 0.379 e. The molecule has 0 aromatic carbocycles. The second-order valence-electron chi connectivity index (χ2n) is 7.79. The third kappa shape index (κ3) is 3.50. The maximum absolute atomic E-state index is 14.5. The topological polar surface area (TPSA) is 131 Å². The van der Waals surface area contributed by atoms with Gasteiger partial charge in [-0.3, -0.25) is 9.67 Å². The molecule has 10 heteroatoms. The van der Waals surface area contributed by atoms with Crippen LogP contribution in [0.15, 0.2) is 55.4 Å². The number of hydrogen-bond donors (Lipinski definition) is 3. The minimum atomic E-state index is -1.70. The Morgan fingerprint density at radius 2 is 2.03 bits per heavy atom. The van der Waals surface area contributed by atoms with Crippen LogP contribution in [-0.2, 0) is 12.6 Å². The Balaban J connectivity index is 1.66. The summed E-state index contributed by atoms with van der Waals surface area (Å²) < 4.78 is 16.3. The highest BCUT2D eigenvalue weighted by molar-refractivity contribution is 5.95. The fraction of sp³-hybridized carbons (Fsp3) is 0.174. The molecular formula is C23H21FN8O. The van der Waals surface area contributed by atoms with Gasteiger partial charge < -0.3 is 15.8 Å². The predicted octanol–water partition coefficient (Wildman–Crippen LogP) is 3.18. The number of fused-ring (bicyclic) bond motifs is 1. The normalized spacial score (nSPS) is 13.3. The summed E-state index contributed by atoms with van der Waals surface area (Å²) in [5, 5.41) is 16.5. The summed E-state index contributed by atoms with van der Waals surface area (Å²) in [6, 6.07) is 5.05. The fourth-order valence-corrected chi connectivity index (χ4v) is 3.98. The monoisotopic (exact) mass is 444 g/mol. The Morgan fingerprint density at radius 3 is 2.76 bits per heavy atom. The van der Waals surface area contributed by atoms with Crippen LogP contribution >= 0.6 is 0 Å². The summed E-state index contributed by atoms with van der Waals surface area (Å²) in [7, 11) is 1.85. The van der Waals surface area contributed by atoms with Crippen molar-refractivity contribution in [2.24, 2.45) is 7.05 Å². The van der Waals surface area contributed by atoms with E-state index in [1.165, 1.54) is 12.3 Å². The first kappa shape index (κ1) is 20.7. The van der Waals surface area contributed by atoms with E-state index in [2.05, 4.69) is 30.0 Å². The van der Waals surface area contributed by atoms with Crippen LogP contribution in [0.25, 0.3) is 33.4 Å². The Kier molecular flexibility index (Phi) is 4.86. The number of aromatic amines is 1. The second kappa shape index (κ2) is 7.75. The number of anilines is 1. The Bertz CT molecular complexity index is 1480. The van der Waals surface area contributed by atoms with Crippen LogP contribution in [0.2, 0.25) is 0 Å². The van der Waals surface area contributed by atoms with E-state index in [0.717, 1.165) is 28.3 Å². The van der Waals surface area contributed by atoms with Gasteiger partial charge in [0.15, 0.2) is 0 Å². The molecule has 0 bridgehead atoms. The number of hydrogen-bond acceptors (Lipinski definition) is 7. The molecule has 0 saturated heterocycles. The zero-order valence-corrected chi connectivity index (χ0v) is 18.0. The van der Waals surface area contributed by atoms with Gasteiger partial charge in [-0.15, -0.1) is 0 Å². The van der Waals surface area contributed by atoms with E-state index >= 15 is 0 Å². The van der Waals surface area contributed by atoms with E-state index < -0.39 is 11.4 Å². The highest BCUT2D eigenvalue weighted by Crippen LogP contribution is 2.36. The zero-order chi connectivity index (χ0) is 23.2. The van der Waals surface area contributed by atoms with Gasteiger partial charge in [0.05, 0.1) is 23.8 Å². The number of aliphatic hydroxyl groups is 1. The van der Waals surface area contributed by atoms with Gasteiger partial charge in [0.2, 0.25) is 5.95 Å². The molecule has 0 aliphatic heterocycles. The summed E-state index contributed by atoms with van der Waals surface area (Å²) in [6.07, 6.45) is 9.86. The first-order valence-electron chi connectivity index (χ1n) is 10.3. The highest BCUT2D eigenvalue weighted by atomic mass is 19.1. The molecule has 5 aromatic heterocycles. The lowest BCUT2D eigenvalue weighted by molar-refractivity contribution is 0.0679. The van der Waals surface area contributed by atoms with Crippen LogP contribution in [0.4, 0.5) is 10.3 Å². The smallest absolute Gasteiger partial charge is 0.220 e. The van der Waals surface area contributed by atoms with Crippen molar-refractivity contribution in [3.8, 4) is 22.4 Å². The van der Waals surface area contributed by atoms with E-state index in [4.69, 9.17) is 5.73 Å². The number of aromatic nitrogens is 7. The Hall–Kier alpha value is -4.18. The number of nitrogens with one attached hydrogen (secondary N) is 1. The lowest BCUT2D eigenvalue weighted by Crippen LogP contribution is -2.29. The third-order valence-corrected chi connectivity index (χ3v) is 5.74. The Morgan fingerprint density at radius 1 is 1.18 bits per heavy atom. The van der Waals surface area contributed by atoms with Gasteiger partial charge >= 0.3 is 0 Å². The summed E-state index contributed by atoms with van der Waals surface area (Å²) in [4.78, 5) is 20.0. The minimum absolute atomic E-state index is 0.0328. The molecule has 1 atom stereocenters. The summed E-state index contributed by atoms with van der Waals surface area (Å²) in [5.41, 5.74) is 8.29. The molecule has 166 valence electrons. The number of nitrogens with zero attached hydrogens (tertiary/aromatic N) is 6. The number of halogens is 1. The number of nitrogens with two attached hydrogens (primary N) is 1. The van der Waals surface area contributed by atoms with Crippen LogP contribution in [-0.4, -0.2) is 39.8 Å². The first-order chi connectivity index (χ1) is 15.9. The fourth-order valence-electron chi connectivity index (χ4n) is 3.98. The molecule has 33 heavy (non-hydrogen) atoms. The molecule has 0 aliphatic rings. The lowest BCUT2D eigenvalue weighted by atomic mass is 9.87. The molecule has 0 radical (unpaired) electrons. The average Bonchev–Trinajstić information content (AvgIpc) is 3.44. The molecule has 5 heterocycles. The van der Waals surface area contributed by atoms with Gasteiger partial charge in [-0.05, 0) is 24.6 Å². The van der Waals surface area contributed by atoms with Gasteiger partial charge in [0.1, 0.15) is 17.1 Å². The molecule has 5 rings (SSSR count). The van der Waals surface area contributed by atoms with Crippen molar-refractivity contribution in [1.29, 1.82) is 0 Å². The van der Waals surface area contributed by atoms with Crippen LogP contribution in [0.1, 0.15) is 24.6 Å². The van der Waals surface area contributed by atoms with Crippen molar-refractivity contribution in [3.05, 3.63) is 72.5 Å². The maximum atomic E-state index is 14.5. The van der Waals surface area contributed by atoms with Crippen LogP contribution in [0.3, 0.4) is 0 Å². The number of aryl methyl sites for hydroxylation is 1. The molecule has 0 unspecified atom stereocenters. The van der Waals surface area contributed by atoms with Crippen molar-refractivity contribution >= 4 is 17.0 Å². The quantitative estimate of drug-likeness (QED) is 0.379. The maximum Gasteiger partial charge on any atom is 0.220 e. The molecular weight excluding hydrogens is 423 g/mol. The molecule has 0 aliphatic carbocycles. The van der Waals surface area contributed by atoms with Gasteiger partial charge in [-0.1, -0.05) is 6.92 Å². The number of pyridine rings is 2. The standard InChI is InChI=1S/C23H21FN8O/c1-3-23(33,17-4-5-26-11-18(17)24)20-7-19(30-22(25)31-20)16-10-28-21-15(16)6-13(8-27-21)14-9-29-32(2)12-14/h4-12,33H,3H2,1-2H3,(H,27,28)(H2,25,30,31)/t23-/m0/s1. The van der Waals surface area contributed by atoms with E-state index in [1.54, 1.807) is 36.3 Å². The van der Waals surface area contributed by atoms with Crippen molar-refractivity contribution in [1.82, 2.24) is 34.7 Å². The number of H-pyrrole nitrogens is 1. The molecule has 0 amide bonds. The van der Waals surface area contributed by atoms with E-state index in [1.807, 2.05) is 19.3 Å². The van der Waals surface area contributed by atoms with Crippen molar-refractivity contribution in [3.63, 3.8) is 0 Å². The predicted molar refractivity (Wildman–Crippen MR) is 121 cm³/mol. The zero-order valence-electron chi connectivity index (χ0n) is 18.0. The molecule has 9 nitrogen and oxygen atoms in total. The summed E-state index contributed by atoms with van der Waals surface area (Å²) in [6.45, 7) is 1.74. The first-order valence-corrected chi connectivity index (χ1v) is 10.3. The van der Waals surface area contributed by atoms with Gasteiger partial charge in [-0.25, -0.2) is 19.3 Å². The van der Waals surface area contributed by atoms with Crippen molar-refractivity contribution < 1.29 is 9.50 Å². The van der Waals surface area contributed by atoms with E-state index in [-0.39, 0.29) is 23.6 Å². The molecule has 5 aromatic rings. The number of rotatable bonds is 5. The van der Waals surface area contributed by atoms with Gasteiger partial charge in [0, 0.05) is 59.5 Å². The molecule has 0 fully saturated rings. The third-order valence-electron chi connectivity index (χ3n) is 5.74. The molecule has 0 spiro atoms. The van der Waals surface area contributed by atoms with Crippen LogP contribution in [0, 0.1) is 5.82 Å². The summed E-state index contributed by atoms with van der Waals surface area (Å²) in [5.74, 6) is -0.660. The lowest BCUT2D eigenvalue weighted by Gasteiger charge is -2.27. The Labute approximate surface area is 188 Å². The number of nitrogen functional groups attached to an aromatic ring is 1. The van der Waals surface area contributed by atoms with Gasteiger partial charge in [0.25, 0.3) is 0 Å². The molecule has 4 N–H and O–H groups in total. The van der Waals surface area contributed by atoms with Crippen LogP contribution in [0.5, 0.6) is 0 Å². The van der Waals surface area contributed by atoms with E-state index in [0.29, 0.717) is 11.3 Å². The van der Waals surface area contributed by atoms with E-state index in [9.17, 15) is 9.50 Å². The van der Waals surface area contributed by atoms with Crippen molar-refractivity contribution in [2.75, 3.05) is 5.73 Å². The SMILES string of the molecule is CC[C@@](O)(c1cc(-c2c[nH]c3ncc(-c4cnn(C)c4)cc23)nc(N)n1)c1ccncc1F. The highest BCUT2D eigenvalue weighted by Gasteiger charge is 2.35. The van der Waals surface area contributed by atoms with Crippen LogP contribution < -0.4 is 5.73 Å². The summed E-state index contributed by atoms with van der Waals surface area (Å²) >= 11 is 0. The average molecular weight is 444 g/mol.